The van der Waals surface area contributed by atoms with Crippen LogP contribution in [0.25, 0.3) is 10.9 Å². The zero-order valence-corrected chi connectivity index (χ0v) is 27.3. The van der Waals surface area contributed by atoms with Gasteiger partial charge in [-0.3, -0.25) is 19.5 Å². The zero-order valence-electron chi connectivity index (χ0n) is 27.3. The number of carbonyl (C=O) groups excluding carboxylic acids is 3. The first-order chi connectivity index (χ1) is 23.9. The van der Waals surface area contributed by atoms with Crippen LogP contribution in [-0.2, 0) is 14.2 Å². The number of methoxy groups -OCH3 is 1. The molecule has 0 unspecified atom stereocenters. The molecule has 2 heterocycles. The molecular weight excluding hydrogens is 633 g/mol. The van der Waals surface area contributed by atoms with Gasteiger partial charge in [0.05, 0.1) is 62.4 Å². The normalized spacial score (nSPS) is 15.4. The Morgan fingerprint density at radius 2 is 1.49 bits per heavy atom. The zero-order chi connectivity index (χ0) is 34.6. The van der Waals surface area contributed by atoms with Gasteiger partial charge in [-0.05, 0) is 43.3 Å². The molecule has 2 amide bonds. The number of benzene rings is 3. The number of hydrogen-bond donors (Lipinski definition) is 4. The second kappa shape index (κ2) is 17.3. The maximum Gasteiger partial charge on any atom is 0.251 e. The smallest absolute Gasteiger partial charge is 0.251 e. The summed E-state index contributed by atoms with van der Waals surface area (Å²) in [5, 5.41) is 16.9. The van der Waals surface area contributed by atoms with Crippen LogP contribution < -0.4 is 20.7 Å². The third kappa shape index (κ3) is 9.07. The molecule has 0 aliphatic carbocycles. The van der Waals surface area contributed by atoms with E-state index in [9.17, 15) is 14.4 Å². The number of ether oxygens (including phenoxy) is 4. The summed E-state index contributed by atoms with van der Waals surface area (Å²) in [6.45, 7) is 4.47. The first-order valence-electron chi connectivity index (χ1n) is 15.8. The Bertz CT molecular complexity index is 1830. The Labute approximate surface area is 283 Å². The first kappa shape index (κ1) is 35.2. The lowest BCUT2D eigenvalue weighted by Crippen LogP contribution is -2.51. The fourth-order valence-corrected chi connectivity index (χ4v) is 5.28. The lowest BCUT2D eigenvalue weighted by Gasteiger charge is -2.21. The van der Waals surface area contributed by atoms with E-state index in [-0.39, 0.29) is 59.6 Å². The Hall–Kier alpha value is -5.13. The molecule has 0 radical (unpaired) electrons. The van der Waals surface area contributed by atoms with E-state index in [0.717, 1.165) is 10.9 Å². The molecule has 1 saturated heterocycles. The van der Waals surface area contributed by atoms with Gasteiger partial charge in [0.1, 0.15) is 17.9 Å². The van der Waals surface area contributed by atoms with Crippen molar-refractivity contribution in [2.75, 3.05) is 59.8 Å². The lowest BCUT2D eigenvalue weighted by atomic mass is 9.98. The minimum absolute atomic E-state index is 0.0530. The quantitative estimate of drug-likeness (QED) is 0.0801. The van der Waals surface area contributed by atoms with Gasteiger partial charge in [-0.15, -0.1) is 5.92 Å². The van der Waals surface area contributed by atoms with E-state index >= 15 is 4.39 Å². The third-order valence-electron chi connectivity index (χ3n) is 7.84. The maximum atomic E-state index is 15.6. The fraction of sp³-hybridized carbons (Fsp3) is 0.333. The maximum absolute atomic E-state index is 15.6. The second-order valence-electron chi connectivity index (χ2n) is 11.1. The van der Waals surface area contributed by atoms with Crippen LogP contribution in [0.2, 0.25) is 0 Å². The van der Waals surface area contributed by atoms with Crippen LogP contribution in [0.1, 0.15) is 49.1 Å². The van der Waals surface area contributed by atoms with E-state index in [4.69, 9.17) is 18.9 Å². The van der Waals surface area contributed by atoms with Crippen molar-refractivity contribution in [1.29, 1.82) is 0 Å². The third-order valence-corrected chi connectivity index (χ3v) is 7.84. The molecule has 49 heavy (non-hydrogen) atoms. The highest BCUT2D eigenvalue weighted by Gasteiger charge is 2.30. The van der Waals surface area contributed by atoms with Crippen molar-refractivity contribution in [3.8, 4) is 17.6 Å². The number of ketones is 1. The van der Waals surface area contributed by atoms with Gasteiger partial charge in [-0.2, -0.15) is 5.10 Å². The van der Waals surface area contributed by atoms with Crippen LogP contribution >= 0.6 is 0 Å². The van der Waals surface area contributed by atoms with Gasteiger partial charge in [0.25, 0.3) is 11.8 Å². The Balaban J connectivity index is 1.20. The van der Waals surface area contributed by atoms with Gasteiger partial charge in [0, 0.05) is 42.3 Å². The number of aromatic nitrogens is 2. The highest BCUT2D eigenvalue weighted by molar-refractivity contribution is 6.11. The van der Waals surface area contributed by atoms with Crippen LogP contribution in [-0.4, -0.2) is 99.7 Å². The molecule has 4 aromatic rings. The topological polar surface area (TPSA) is 153 Å². The average molecular weight is 672 g/mol. The summed E-state index contributed by atoms with van der Waals surface area (Å²) < 4.78 is 37.1. The summed E-state index contributed by atoms with van der Waals surface area (Å²) in [4.78, 5) is 39.7. The number of rotatable bonds is 16. The highest BCUT2D eigenvalue weighted by atomic mass is 19.1. The second-order valence-corrected chi connectivity index (χ2v) is 11.1. The van der Waals surface area contributed by atoms with Gasteiger partial charge in [0.15, 0.2) is 11.6 Å². The van der Waals surface area contributed by atoms with E-state index in [1.165, 1.54) is 36.4 Å². The largest absolute Gasteiger partial charge is 0.490 e. The summed E-state index contributed by atoms with van der Waals surface area (Å²) in [5.74, 6) is 3.31. The number of halogens is 1. The van der Waals surface area contributed by atoms with Crippen molar-refractivity contribution in [3.63, 3.8) is 0 Å². The van der Waals surface area contributed by atoms with Crippen molar-refractivity contribution < 1.29 is 37.7 Å². The van der Waals surface area contributed by atoms with E-state index in [2.05, 4.69) is 38.0 Å². The number of H-pyrrole nitrogens is 1. The molecule has 3 aromatic carbocycles. The lowest BCUT2D eigenvalue weighted by molar-refractivity contribution is 0.0179. The van der Waals surface area contributed by atoms with Gasteiger partial charge in [-0.1, -0.05) is 24.1 Å². The first-order valence-corrected chi connectivity index (χ1v) is 15.8. The Morgan fingerprint density at radius 3 is 2.18 bits per heavy atom. The standard InChI is InChI=1S/C36H38FN5O7/c1-3-4-23-11-12-31(49-18-17-48-16-15-47-14-13-46-2)32(33(23)37)34(43)24-5-7-25(8-6-24)35(44)40-29-21-38-22-30(29)41-36(45)26-9-10-27-20-39-42-28(27)19-26/h5-12,19-20,29-30,38H,13-18,21-22H2,1-2H3,(H,39,42)(H,40,44)(H,41,45)/t29-,30-/m1/s1. The molecular formula is C36H38FN5O7. The van der Waals surface area contributed by atoms with Crippen molar-refractivity contribution in [2.24, 2.45) is 0 Å². The molecule has 4 N–H and O–H groups in total. The van der Waals surface area contributed by atoms with Crippen LogP contribution in [0.3, 0.4) is 0 Å². The Kier molecular flexibility index (Phi) is 12.4. The number of aromatic amines is 1. The van der Waals surface area contributed by atoms with Gasteiger partial charge in [-0.25, -0.2) is 4.39 Å². The minimum atomic E-state index is -0.794. The molecule has 5 rings (SSSR count). The summed E-state index contributed by atoms with van der Waals surface area (Å²) in [5.41, 5.74) is 1.48. The molecule has 1 aliphatic rings. The van der Waals surface area contributed by atoms with Gasteiger partial charge in [0.2, 0.25) is 0 Å². The molecule has 0 spiro atoms. The summed E-state index contributed by atoms with van der Waals surface area (Å²) >= 11 is 0. The van der Waals surface area contributed by atoms with Crippen LogP contribution in [0.4, 0.5) is 4.39 Å². The molecule has 13 heteroatoms. The molecule has 2 atom stereocenters. The van der Waals surface area contributed by atoms with E-state index in [1.54, 1.807) is 32.4 Å². The van der Waals surface area contributed by atoms with E-state index in [0.29, 0.717) is 50.6 Å². The number of carbonyl (C=O) groups is 3. The molecule has 256 valence electrons. The number of hydrogen-bond acceptors (Lipinski definition) is 9. The summed E-state index contributed by atoms with van der Waals surface area (Å²) in [7, 11) is 1.59. The number of amides is 2. The van der Waals surface area contributed by atoms with Crippen LogP contribution in [0.15, 0.2) is 60.8 Å². The van der Waals surface area contributed by atoms with Crippen LogP contribution in [0.5, 0.6) is 5.75 Å². The fourth-order valence-electron chi connectivity index (χ4n) is 5.28. The van der Waals surface area contributed by atoms with E-state index < -0.39 is 11.6 Å². The Morgan fingerprint density at radius 1 is 0.857 bits per heavy atom. The van der Waals surface area contributed by atoms with Crippen LogP contribution in [0, 0.1) is 17.7 Å². The number of fused-ring (bicyclic) bond motifs is 1. The summed E-state index contributed by atoms with van der Waals surface area (Å²) in [6.07, 6.45) is 1.68. The molecule has 12 nitrogen and oxygen atoms in total. The van der Waals surface area contributed by atoms with Crippen molar-refractivity contribution in [2.45, 2.75) is 19.0 Å². The molecule has 0 bridgehead atoms. The van der Waals surface area contributed by atoms with Gasteiger partial charge >= 0.3 is 0 Å². The molecule has 1 fully saturated rings. The van der Waals surface area contributed by atoms with Crippen molar-refractivity contribution in [3.05, 3.63) is 94.4 Å². The average Bonchev–Trinajstić information content (AvgIpc) is 3.77. The van der Waals surface area contributed by atoms with Crippen molar-refractivity contribution >= 4 is 28.5 Å². The minimum Gasteiger partial charge on any atom is -0.490 e. The predicted octanol–water partition coefficient (Wildman–Crippen LogP) is 2.86. The van der Waals surface area contributed by atoms with E-state index in [1.807, 2.05) is 6.07 Å². The predicted molar refractivity (Wildman–Crippen MR) is 179 cm³/mol. The monoisotopic (exact) mass is 671 g/mol. The molecule has 1 aliphatic heterocycles. The molecule has 0 saturated carbocycles. The molecule has 1 aromatic heterocycles. The SMILES string of the molecule is CC#Cc1ccc(OCCOCCOCCOC)c(C(=O)c2ccc(C(=O)N[C@@H]3CNC[C@H]3NC(=O)c3ccc4cn[nH]c4c3)cc2)c1F. The highest BCUT2D eigenvalue weighted by Crippen LogP contribution is 2.27. The van der Waals surface area contributed by atoms with Gasteiger partial charge < -0.3 is 34.9 Å². The number of nitrogens with one attached hydrogen (secondary N) is 4. The number of nitrogens with zero attached hydrogens (tertiary/aromatic N) is 1. The van der Waals surface area contributed by atoms with Crippen molar-refractivity contribution in [1.82, 2.24) is 26.1 Å². The summed E-state index contributed by atoms with van der Waals surface area (Å²) in [6, 6.07) is 13.4.